The van der Waals surface area contributed by atoms with E-state index in [1.165, 1.54) is 11.8 Å². The summed E-state index contributed by atoms with van der Waals surface area (Å²) in [6.07, 6.45) is 1.76. The summed E-state index contributed by atoms with van der Waals surface area (Å²) in [5, 5.41) is 5.72. The molecule has 4 rings (SSSR count). The number of methoxy groups -OCH3 is 1. The van der Waals surface area contributed by atoms with Gasteiger partial charge in [0.15, 0.2) is 6.10 Å². The summed E-state index contributed by atoms with van der Waals surface area (Å²) in [5.41, 5.74) is 5.24. The van der Waals surface area contributed by atoms with E-state index in [2.05, 4.69) is 9.67 Å². The quantitative estimate of drug-likeness (QED) is 0.215. The Morgan fingerprint density at radius 3 is 2.21 bits per heavy atom. The van der Waals surface area contributed by atoms with Crippen LogP contribution in [0.15, 0.2) is 36.7 Å². The van der Waals surface area contributed by atoms with Crippen LogP contribution >= 0.6 is 11.6 Å². The average Bonchev–Trinajstić information content (AvgIpc) is 3.45. The lowest BCUT2D eigenvalue weighted by Crippen LogP contribution is -2.29. The molecule has 0 amide bonds. The Hall–Kier alpha value is -3.69. The van der Waals surface area contributed by atoms with Crippen LogP contribution in [0.5, 0.6) is 0 Å². The Bertz CT molecular complexity index is 1640. The SMILES string of the molecule is COC(=O)[C@@H](OC(C)(C)C)c1c(C)nc2c(c(C)c(C)n2Cc2cnn(C(=O)OC(C)(C)C)c2)c1-c1ccc(Cl)cc1. The molecule has 4 aromatic rings. The fraction of sp³-hybridized carbons (Fsp3) is 0.438. The number of aromatic nitrogens is 4. The van der Waals surface area contributed by atoms with Crippen molar-refractivity contribution in [1.29, 1.82) is 0 Å². The summed E-state index contributed by atoms with van der Waals surface area (Å²) in [7, 11) is 1.36. The van der Waals surface area contributed by atoms with E-state index in [1.54, 1.807) is 12.4 Å². The van der Waals surface area contributed by atoms with Gasteiger partial charge in [0.2, 0.25) is 0 Å². The predicted molar refractivity (Wildman–Crippen MR) is 163 cm³/mol. The second-order valence-electron chi connectivity index (χ2n) is 12.4. The van der Waals surface area contributed by atoms with Crippen LogP contribution in [0.1, 0.15) is 75.7 Å². The van der Waals surface area contributed by atoms with Crippen molar-refractivity contribution in [2.75, 3.05) is 7.11 Å². The molecule has 0 aliphatic carbocycles. The lowest BCUT2D eigenvalue weighted by molar-refractivity contribution is -0.164. The van der Waals surface area contributed by atoms with Crippen LogP contribution in [-0.2, 0) is 25.5 Å². The number of carbonyl (C=O) groups is 2. The van der Waals surface area contributed by atoms with Crippen molar-refractivity contribution in [3.63, 3.8) is 0 Å². The van der Waals surface area contributed by atoms with Crippen LogP contribution < -0.4 is 0 Å². The van der Waals surface area contributed by atoms with Crippen molar-refractivity contribution in [2.24, 2.45) is 0 Å². The van der Waals surface area contributed by atoms with Crippen LogP contribution in [0.3, 0.4) is 0 Å². The van der Waals surface area contributed by atoms with Crippen LogP contribution in [0.2, 0.25) is 5.02 Å². The van der Waals surface area contributed by atoms with Crippen LogP contribution in [-0.4, -0.2) is 49.7 Å². The van der Waals surface area contributed by atoms with Gasteiger partial charge in [-0.05, 0) is 85.6 Å². The van der Waals surface area contributed by atoms with E-state index in [-0.39, 0.29) is 0 Å². The number of hydrogen-bond donors (Lipinski definition) is 0. The summed E-state index contributed by atoms with van der Waals surface area (Å²) in [5.74, 6) is -0.507. The maximum Gasteiger partial charge on any atom is 0.435 e. The van der Waals surface area contributed by atoms with Gasteiger partial charge in [0.1, 0.15) is 11.2 Å². The predicted octanol–water partition coefficient (Wildman–Crippen LogP) is 7.34. The van der Waals surface area contributed by atoms with Crippen molar-refractivity contribution in [3.05, 3.63) is 69.8 Å². The molecule has 9 nitrogen and oxygen atoms in total. The lowest BCUT2D eigenvalue weighted by Gasteiger charge is -2.28. The summed E-state index contributed by atoms with van der Waals surface area (Å²) in [6, 6.07) is 7.51. The molecule has 0 N–H and O–H groups in total. The Labute approximate surface area is 251 Å². The first kappa shape index (κ1) is 31.3. The van der Waals surface area contributed by atoms with Gasteiger partial charge in [0.05, 0.1) is 25.5 Å². The Morgan fingerprint density at radius 2 is 1.64 bits per heavy atom. The molecule has 0 saturated heterocycles. The van der Waals surface area contributed by atoms with Gasteiger partial charge in [-0.25, -0.2) is 14.6 Å². The molecule has 1 aromatic carbocycles. The van der Waals surface area contributed by atoms with Crippen LogP contribution in [0.25, 0.3) is 22.2 Å². The summed E-state index contributed by atoms with van der Waals surface area (Å²) < 4.78 is 20.3. The number of ether oxygens (including phenoxy) is 3. The van der Waals surface area contributed by atoms with Crippen LogP contribution in [0.4, 0.5) is 4.79 Å². The van der Waals surface area contributed by atoms with Crippen molar-refractivity contribution in [2.45, 2.75) is 86.2 Å². The van der Waals surface area contributed by atoms with E-state index < -0.39 is 29.4 Å². The molecule has 1 atom stereocenters. The van der Waals surface area contributed by atoms with Gasteiger partial charge in [0.25, 0.3) is 0 Å². The molecule has 0 aliphatic rings. The number of benzene rings is 1. The van der Waals surface area contributed by atoms with Crippen molar-refractivity contribution in [1.82, 2.24) is 19.3 Å². The third-order valence-corrected chi connectivity index (χ3v) is 7.08. The number of pyridine rings is 1. The number of hydrogen-bond acceptors (Lipinski definition) is 7. The average molecular weight is 595 g/mol. The summed E-state index contributed by atoms with van der Waals surface area (Å²) in [4.78, 5) is 30.8. The zero-order valence-corrected chi connectivity index (χ0v) is 26.7. The van der Waals surface area contributed by atoms with Crippen molar-refractivity contribution in [3.8, 4) is 11.1 Å². The summed E-state index contributed by atoms with van der Waals surface area (Å²) in [6.45, 7) is 17.5. The molecule has 3 heterocycles. The highest BCUT2D eigenvalue weighted by molar-refractivity contribution is 6.30. The molecule has 0 aliphatic heterocycles. The number of esters is 1. The Kier molecular flexibility index (Phi) is 8.58. The van der Waals surface area contributed by atoms with Gasteiger partial charge < -0.3 is 18.8 Å². The minimum atomic E-state index is -1.01. The first-order valence-electron chi connectivity index (χ1n) is 13.8. The molecular formula is C32H39ClN4O5. The van der Waals surface area contributed by atoms with E-state index >= 15 is 0 Å². The minimum absolute atomic E-state index is 0.420. The van der Waals surface area contributed by atoms with Crippen molar-refractivity contribution >= 4 is 34.7 Å². The number of fused-ring (bicyclic) bond motifs is 1. The Balaban J connectivity index is 1.94. The molecule has 0 spiro atoms. The van der Waals surface area contributed by atoms with Gasteiger partial charge in [0, 0.05) is 44.7 Å². The van der Waals surface area contributed by atoms with E-state index in [9.17, 15) is 9.59 Å². The third-order valence-electron chi connectivity index (χ3n) is 6.82. The number of aryl methyl sites for hydroxylation is 2. The van der Waals surface area contributed by atoms with Gasteiger partial charge in [-0.2, -0.15) is 9.78 Å². The molecule has 10 heteroatoms. The van der Waals surface area contributed by atoms with Gasteiger partial charge in [-0.1, -0.05) is 23.7 Å². The maximum atomic E-state index is 13.2. The second kappa shape index (κ2) is 11.5. The lowest BCUT2D eigenvalue weighted by atomic mass is 9.91. The number of nitrogens with zero attached hydrogens (tertiary/aromatic N) is 4. The highest BCUT2D eigenvalue weighted by atomic mass is 35.5. The first-order chi connectivity index (χ1) is 19.5. The standard InChI is InChI=1S/C32H39ClN4O5/c1-18-20(3)36(16-21-15-34-37(17-21)30(39)42-32(7,8)9)28-24(18)26(22-11-13-23(33)14-12-22)25(19(2)35-28)27(29(38)40-10)41-31(4,5)6/h11-15,17,27H,16H2,1-10H3/t27-/m0/s1. The van der Waals surface area contributed by atoms with E-state index in [0.29, 0.717) is 22.8 Å². The molecular weight excluding hydrogens is 556 g/mol. The van der Waals surface area contributed by atoms with Crippen LogP contribution in [0, 0.1) is 20.8 Å². The van der Waals surface area contributed by atoms with E-state index in [4.69, 9.17) is 30.8 Å². The van der Waals surface area contributed by atoms with E-state index in [1.807, 2.05) is 86.6 Å². The third kappa shape index (κ3) is 6.52. The largest absolute Gasteiger partial charge is 0.467 e. The maximum absolute atomic E-state index is 13.2. The zero-order valence-electron chi connectivity index (χ0n) is 26.0. The molecule has 0 fully saturated rings. The molecule has 224 valence electrons. The number of halogens is 1. The molecule has 0 radical (unpaired) electrons. The van der Waals surface area contributed by atoms with Gasteiger partial charge >= 0.3 is 12.1 Å². The smallest absolute Gasteiger partial charge is 0.435 e. The highest BCUT2D eigenvalue weighted by Crippen LogP contribution is 2.42. The fourth-order valence-electron chi connectivity index (χ4n) is 4.94. The fourth-order valence-corrected chi connectivity index (χ4v) is 5.07. The topological polar surface area (TPSA) is 97.5 Å². The van der Waals surface area contributed by atoms with Gasteiger partial charge in [-0.3, -0.25) is 0 Å². The molecule has 0 saturated carbocycles. The second-order valence-corrected chi connectivity index (χ2v) is 12.8. The molecule has 42 heavy (non-hydrogen) atoms. The summed E-state index contributed by atoms with van der Waals surface area (Å²) >= 11 is 6.27. The molecule has 0 unspecified atom stereocenters. The van der Waals surface area contributed by atoms with Gasteiger partial charge in [-0.15, -0.1) is 0 Å². The Morgan fingerprint density at radius 1 is 1.00 bits per heavy atom. The zero-order chi connectivity index (χ0) is 31.1. The highest BCUT2D eigenvalue weighted by Gasteiger charge is 2.34. The van der Waals surface area contributed by atoms with Crippen molar-refractivity contribution < 1.29 is 23.8 Å². The molecule has 3 aromatic heterocycles. The molecule has 0 bridgehead atoms. The number of rotatable bonds is 6. The first-order valence-corrected chi connectivity index (χ1v) is 14.2. The minimum Gasteiger partial charge on any atom is -0.467 e. The normalized spacial score (nSPS) is 12.9. The number of carbonyl (C=O) groups excluding carboxylic acids is 2. The van der Waals surface area contributed by atoms with E-state index in [0.717, 1.165) is 39.0 Å². The monoisotopic (exact) mass is 594 g/mol.